The first kappa shape index (κ1) is 26.5. The average Bonchev–Trinajstić information content (AvgIpc) is 2.65. The van der Waals surface area contributed by atoms with Crippen LogP contribution in [0.2, 0.25) is 0 Å². The highest BCUT2D eigenvalue weighted by molar-refractivity contribution is 5.92. The van der Waals surface area contributed by atoms with Crippen LogP contribution in [-0.2, 0) is 28.7 Å². The molecule has 0 heterocycles. The molecule has 0 spiro atoms. The third kappa shape index (κ3) is 11.1. The van der Waals surface area contributed by atoms with Gasteiger partial charge in [-0.05, 0) is 12.8 Å². The molecule has 29 heavy (non-hydrogen) atoms. The molecule has 4 atom stereocenters. The first-order valence-electron chi connectivity index (χ1n) is 8.62. The van der Waals surface area contributed by atoms with Gasteiger partial charge >= 0.3 is 23.9 Å². The van der Waals surface area contributed by atoms with E-state index in [1.807, 2.05) is 0 Å². The predicted molar refractivity (Wildman–Crippen MR) is 93.4 cm³/mol. The number of ether oxygens (including phenoxy) is 2. The molecule has 0 saturated carbocycles. The monoisotopic (exact) mass is 422 g/mol. The molecule has 0 aliphatic rings. The van der Waals surface area contributed by atoms with Crippen molar-refractivity contribution < 1.29 is 59.3 Å². The van der Waals surface area contributed by atoms with Crippen molar-refractivity contribution in [3.8, 4) is 0 Å². The van der Waals surface area contributed by atoms with Crippen LogP contribution >= 0.6 is 0 Å². The van der Waals surface area contributed by atoms with Crippen LogP contribution in [0.1, 0.15) is 32.1 Å². The highest BCUT2D eigenvalue weighted by Gasteiger charge is 2.35. The van der Waals surface area contributed by atoms with Gasteiger partial charge in [0.25, 0.3) is 0 Å². The van der Waals surface area contributed by atoms with Gasteiger partial charge in [-0.25, -0.2) is 4.79 Å². The number of aliphatic hydroxyl groups excluding tert-OH is 4. The maximum atomic E-state index is 11.9. The van der Waals surface area contributed by atoms with E-state index in [0.717, 1.165) is 0 Å². The lowest BCUT2D eigenvalue weighted by Crippen LogP contribution is -2.49. The molecule has 0 radical (unpaired) electrons. The minimum atomic E-state index is -1.99. The van der Waals surface area contributed by atoms with E-state index >= 15 is 0 Å². The van der Waals surface area contributed by atoms with E-state index in [1.54, 1.807) is 0 Å². The topological polar surface area (TPSA) is 208 Å². The first-order chi connectivity index (χ1) is 13.5. The van der Waals surface area contributed by atoms with Crippen molar-refractivity contribution in [1.29, 1.82) is 0 Å². The number of hydrogen-bond donors (Lipinski definition) is 6. The van der Waals surface area contributed by atoms with Crippen LogP contribution in [0, 0.1) is 0 Å². The summed E-state index contributed by atoms with van der Waals surface area (Å²) in [5.74, 6) is -4.43. The van der Waals surface area contributed by atoms with Crippen LogP contribution in [0.3, 0.4) is 0 Å². The van der Waals surface area contributed by atoms with Crippen molar-refractivity contribution in [2.45, 2.75) is 56.5 Å². The third-order valence-electron chi connectivity index (χ3n) is 3.65. The molecule has 0 aromatic carbocycles. The Bertz CT molecular complexity index is 587. The summed E-state index contributed by atoms with van der Waals surface area (Å²) in [6.45, 7) is 1.55. The highest BCUT2D eigenvalue weighted by atomic mass is 16.6. The number of hydrogen-bond acceptors (Lipinski definition) is 10. The van der Waals surface area contributed by atoms with E-state index in [0.29, 0.717) is 0 Å². The summed E-state index contributed by atoms with van der Waals surface area (Å²) in [6.07, 6.45) is -8.07. The number of aliphatic carboxylic acids is 2. The van der Waals surface area contributed by atoms with Gasteiger partial charge in [-0.2, -0.15) is 0 Å². The van der Waals surface area contributed by atoms with Gasteiger partial charge in [0.1, 0.15) is 24.9 Å². The van der Waals surface area contributed by atoms with Crippen molar-refractivity contribution in [2.75, 3.05) is 13.2 Å². The molecule has 6 N–H and O–H groups in total. The van der Waals surface area contributed by atoms with Crippen LogP contribution < -0.4 is 0 Å². The number of carbonyl (C=O) groups excluding carboxylic acids is 2. The van der Waals surface area contributed by atoms with Crippen molar-refractivity contribution in [3.63, 3.8) is 0 Å². The van der Waals surface area contributed by atoms with Crippen LogP contribution in [0.4, 0.5) is 0 Å². The maximum Gasteiger partial charge on any atom is 0.334 e. The Morgan fingerprint density at radius 1 is 0.897 bits per heavy atom. The van der Waals surface area contributed by atoms with E-state index in [4.69, 9.17) is 24.8 Å². The summed E-state index contributed by atoms with van der Waals surface area (Å²) < 4.78 is 9.67. The van der Waals surface area contributed by atoms with Gasteiger partial charge in [0.15, 0.2) is 6.10 Å². The summed E-state index contributed by atoms with van der Waals surface area (Å²) in [4.78, 5) is 44.6. The molecular formula is C17H26O12. The Kier molecular flexibility index (Phi) is 12.4. The molecule has 0 bridgehead atoms. The fourth-order valence-corrected chi connectivity index (χ4v) is 2.03. The predicted octanol–water partition coefficient (Wildman–Crippen LogP) is -1.81. The Hall–Kier alpha value is -2.54. The fraction of sp³-hybridized carbons (Fsp3) is 0.647. The minimum absolute atomic E-state index is 0.136. The molecule has 0 aromatic heterocycles. The van der Waals surface area contributed by atoms with E-state index in [1.165, 1.54) is 0 Å². The number of esters is 2. The summed E-state index contributed by atoms with van der Waals surface area (Å²) in [7, 11) is 0. The third-order valence-corrected chi connectivity index (χ3v) is 3.65. The van der Waals surface area contributed by atoms with E-state index in [9.17, 15) is 34.5 Å². The van der Waals surface area contributed by atoms with Crippen LogP contribution in [0.25, 0.3) is 0 Å². The summed E-state index contributed by atoms with van der Waals surface area (Å²) >= 11 is 0. The van der Waals surface area contributed by atoms with Gasteiger partial charge in [0.05, 0.1) is 13.0 Å². The molecule has 0 rings (SSSR count). The van der Waals surface area contributed by atoms with Gasteiger partial charge in [0, 0.05) is 18.4 Å². The number of carboxylic acids is 2. The van der Waals surface area contributed by atoms with Gasteiger partial charge < -0.3 is 40.1 Å². The lowest BCUT2D eigenvalue weighted by Gasteiger charge is -2.28. The van der Waals surface area contributed by atoms with Crippen LogP contribution in [-0.4, -0.2) is 92.1 Å². The number of rotatable bonds is 15. The number of carboxylic acid groups (broad SMARTS) is 2. The number of aliphatic hydroxyl groups is 4. The van der Waals surface area contributed by atoms with Crippen molar-refractivity contribution in [1.82, 2.24) is 0 Å². The average molecular weight is 422 g/mol. The molecule has 0 aliphatic carbocycles. The SMILES string of the molecule is C=C(CC(=O)O)C(=O)O[C@@H](COC(=O)CCCCC(=O)O)[C@@H](O)[C@H](O)[C@H](O)CO. The van der Waals surface area contributed by atoms with Crippen molar-refractivity contribution in [2.24, 2.45) is 0 Å². The zero-order chi connectivity index (χ0) is 22.6. The zero-order valence-corrected chi connectivity index (χ0v) is 15.6. The Balaban J connectivity index is 4.93. The molecule has 0 aliphatic heterocycles. The molecule has 12 nitrogen and oxygen atoms in total. The first-order valence-corrected chi connectivity index (χ1v) is 8.62. The van der Waals surface area contributed by atoms with Gasteiger partial charge in [-0.1, -0.05) is 6.58 Å². The van der Waals surface area contributed by atoms with Crippen molar-refractivity contribution in [3.05, 3.63) is 12.2 Å². The molecule has 0 fully saturated rings. The van der Waals surface area contributed by atoms with Crippen molar-refractivity contribution >= 4 is 23.9 Å². The Morgan fingerprint density at radius 3 is 2.00 bits per heavy atom. The number of unbranched alkanes of at least 4 members (excludes halogenated alkanes) is 1. The van der Waals surface area contributed by atoms with Gasteiger partial charge in [0.2, 0.25) is 0 Å². The molecule has 0 saturated heterocycles. The van der Waals surface area contributed by atoms with E-state index in [2.05, 4.69) is 6.58 Å². The molecule has 0 unspecified atom stereocenters. The van der Waals surface area contributed by atoms with Crippen LogP contribution in [0.5, 0.6) is 0 Å². The quantitative estimate of drug-likeness (QED) is 0.0980. The second-order valence-electron chi connectivity index (χ2n) is 6.13. The highest BCUT2D eigenvalue weighted by Crippen LogP contribution is 2.13. The maximum absolute atomic E-state index is 11.9. The summed E-state index contributed by atoms with van der Waals surface area (Å²) in [5.41, 5.74) is -0.480. The van der Waals surface area contributed by atoms with Crippen LogP contribution in [0.15, 0.2) is 12.2 Å². The second-order valence-corrected chi connectivity index (χ2v) is 6.13. The van der Waals surface area contributed by atoms with E-state index in [-0.39, 0.29) is 25.7 Å². The Labute approximate surface area is 166 Å². The summed E-state index contributed by atoms with van der Waals surface area (Å²) in [5, 5.41) is 55.3. The largest absolute Gasteiger partial charge is 0.481 e. The number of carbonyl (C=O) groups is 4. The molecular weight excluding hydrogens is 396 g/mol. The molecule has 0 amide bonds. The molecule has 166 valence electrons. The lowest BCUT2D eigenvalue weighted by atomic mass is 10.0. The van der Waals surface area contributed by atoms with Gasteiger partial charge in [-0.3, -0.25) is 14.4 Å². The second kappa shape index (κ2) is 13.6. The zero-order valence-electron chi connectivity index (χ0n) is 15.6. The fourth-order valence-electron chi connectivity index (χ4n) is 2.03. The van der Waals surface area contributed by atoms with E-state index < -0.39 is 73.5 Å². The minimum Gasteiger partial charge on any atom is -0.481 e. The standard InChI is InChI=1S/C17H26O12/c1-9(6-13(22)23)17(27)29-11(16(26)15(25)10(19)7-18)8-28-14(24)5-3-2-4-12(20)21/h10-11,15-16,18-19,25-26H,1-8H2,(H,20,21)(H,22,23)/t10-,11+,15-,16-/m1/s1. The lowest BCUT2D eigenvalue weighted by molar-refractivity contribution is -0.175. The normalized spacial score (nSPS) is 14.9. The summed E-state index contributed by atoms with van der Waals surface area (Å²) in [6, 6.07) is 0. The molecule has 0 aromatic rings. The smallest absolute Gasteiger partial charge is 0.334 e. The molecule has 12 heteroatoms. The Morgan fingerprint density at radius 2 is 1.48 bits per heavy atom. The van der Waals surface area contributed by atoms with Gasteiger partial charge in [-0.15, -0.1) is 0 Å².